The first kappa shape index (κ1) is 12.8. The second kappa shape index (κ2) is 5.39. The number of nitrogens with one attached hydrogen (secondary N) is 2. The highest BCUT2D eigenvalue weighted by molar-refractivity contribution is 6.18. The van der Waals surface area contributed by atoms with Crippen molar-refractivity contribution in [2.45, 2.75) is 19.4 Å². The summed E-state index contributed by atoms with van der Waals surface area (Å²) < 4.78 is 2.22. The van der Waals surface area contributed by atoms with Gasteiger partial charge >= 0.3 is 0 Å². The molecule has 1 amide bonds. The summed E-state index contributed by atoms with van der Waals surface area (Å²) in [6.07, 6.45) is 6.26. The highest BCUT2D eigenvalue weighted by Crippen LogP contribution is 2.31. The van der Waals surface area contributed by atoms with E-state index in [9.17, 15) is 4.79 Å². The van der Waals surface area contributed by atoms with Gasteiger partial charge in [0.15, 0.2) is 0 Å². The molecule has 1 aromatic rings. The molecule has 19 heavy (non-hydrogen) atoms. The molecule has 0 saturated carbocycles. The van der Waals surface area contributed by atoms with Crippen LogP contribution in [0.1, 0.15) is 28.0 Å². The molecule has 0 bridgehead atoms. The molecular formula is C14H18ClN3O. The highest BCUT2D eigenvalue weighted by atomic mass is 35.5. The van der Waals surface area contributed by atoms with E-state index in [4.69, 9.17) is 11.6 Å². The van der Waals surface area contributed by atoms with E-state index in [1.807, 2.05) is 6.20 Å². The number of carbonyl (C=O) groups is 1. The first-order valence-electron chi connectivity index (χ1n) is 6.77. The zero-order chi connectivity index (χ0) is 13.2. The van der Waals surface area contributed by atoms with Crippen LogP contribution in [0.5, 0.6) is 0 Å². The Bertz CT molecular complexity index is 533. The largest absolute Gasteiger partial charge is 0.351 e. The fourth-order valence-corrected chi connectivity index (χ4v) is 3.02. The minimum Gasteiger partial charge on any atom is -0.351 e. The van der Waals surface area contributed by atoms with Crippen molar-refractivity contribution in [2.75, 3.05) is 25.5 Å². The molecule has 2 N–H and O–H groups in total. The molecule has 2 heterocycles. The van der Waals surface area contributed by atoms with Crippen molar-refractivity contribution in [1.29, 1.82) is 0 Å². The Morgan fingerprint density at radius 2 is 2.42 bits per heavy atom. The molecule has 0 saturated heterocycles. The number of hydrogen-bond donors (Lipinski definition) is 2. The van der Waals surface area contributed by atoms with E-state index >= 15 is 0 Å². The molecule has 5 heteroatoms. The van der Waals surface area contributed by atoms with Crippen molar-refractivity contribution in [3.05, 3.63) is 29.1 Å². The number of hydrogen-bond acceptors (Lipinski definition) is 2. The van der Waals surface area contributed by atoms with Gasteiger partial charge in [0.05, 0.1) is 5.56 Å². The Morgan fingerprint density at radius 1 is 1.53 bits per heavy atom. The molecule has 0 spiro atoms. The van der Waals surface area contributed by atoms with Crippen molar-refractivity contribution in [2.24, 2.45) is 0 Å². The molecule has 1 aromatic heterocycles. The van der Waals surface area contributed by atoms with Crippen LogP contribution in [0.3, 0.4) is 0 Å². The van der Waals surface area contributed by atoms with Gasteiger partial charge in [-0.25, -0.2) is 0 Å². The van der Waals surface area contributed by atoms with Crippen molar-refractivity contribution in [3.63, 3.8) is 0 Å². The van der Waals surface area contributed by atoms with Gasteiger partial charge in [0.1, 0.15) is 0 Å². The van der Waals surface area contributed by atoms with Crippen LogP contribution < -0.4 is 10.6 Å². The molecule has 0 atom stereocenters. The maximum atomic E-state index is 12.2. The third kappa shape index (κ3) is 2.30. The number of aromatic nitrogens is 1. The highest BCUT2D eigenvalue weighted by Gasteiger charge is 2.25. The lowest BCUT2D eigenvalue weighted by Gasteiger charge is -2.15. The summed E-state index contributed by atoms with van der Waals surface area (Å²) in [6.45, 7) is 3.29. The Labute approximate surface area is 117 Å². The minimum atomic E-state index is 0.00503. The number of amides is 1. The van der Waals surface area contributed by atoms with E-state index in [1.165, 1.54) is 16.8 Å². The number of allylic oxidation sites excluding steroid dienone is 1. The van der Waals surface area contributed by atoms with Crippen LogP contribution in [0, 0.1) is 0 Å². The Hall–Kier alpha value is -1.26. The lowest BCUT2D eigenvalue weighted by molar-refractivity contribution is 0.0955. The van der Waals surface area contributed by atoms with Crippen LogP contribution in [0.4, 0.5) is 0 Å². The zero-order valence-electron chi connectivity index (χ0n) is 10.8. The summed E-state index contributed by atoms with van der Waals surface area (Å²) in [7, 11) is 0. The quantitative estimate of drug-likeness (QED) is 0.822. The molecule has 3 rings (SSSR count). The fourth-order valence-electron chi connectivity index (χ4n) is 2.92. The van der Waals surface area contributed by atoms with Crippen LogP contribution in [0.25, 0.3) is 5.57 Å². The van der Waals surface area contributed by atoms with Crippen molar-refractivity contribution < 1.29 is 4.79 Å². The number of nitrogens with zero attached hydrogens (tertiary/aromatic N) is 1. The predicted molar refractivity (Wildman–Crippen MR) is 76.7 cm³/mol. The van der Waals surface area contributed by atoms with E-state index in [1.54, 1.807) is 0 Å². The van der Waals surface area contributed by atoms with E-state index in [0.717, 1.165) is 38.0 Å². The molecule has 2 aliphatic rings. The normalized spacial score (nSPS) is 17.4. The van der Waals surface area contributed by atoms with E-state index in [2.05, 4.69) is 21.3 Å². The maximum Gasteiger partial charge on any atom is 0.253 e. The topological polar surface area (TPSA) is 46.1 Å². The first-order chi connectivity index (χ1) is 9.31. The lowest BCUT2D eigenvalue weighted by Crippen LogP contribution is -2.26. The van der Waals surface area contributed by atoms with E-state index < -0.39 is 0 Å². The van der Waals surface area contributed by atoms with Gasteiger partial charge in [-0.1, -0.05) is 6.08 Å². The predicted octanol–water partition coefficient (Wildman–Crippen LogP) is 1.39. The molecule has 4 nitrogen and oxygen atoms in total. The average Bonchev–Trinajstić information content (AvgIpc) is 2.67. The number of rotatable bonds is 3. The summed E-state index contributed by atoms with van der Waals surface area (Å²) in [4.78, 5) is 12.2. The monoisotopic (exact) mass is 279 g/mol. The smallest absolute Gasteiger partial charge is 0.253 e. The Balaban J connectivity index is 1.98. The molecule has 0 unspecified atom stereocenters. The zero-order valence-corrected chi connectivity index (χ0v) is 11.6. The number of carbonyl (C=O) groups excluding carboxylic acids is 1. The molecular weight excluding hydrogens is 262 g/mol. The standard InChI is InChI=1S/C14H18ClN3O/c15-4-5-17-14(19)12-9-18-7-6-16-8-10-2-1-3-11(12)13(10)18/h2,9,16H,1,3-8H2,(H,17,19). The number of alkyl halides is 1. The SMILES string of the molecule is O=C(NCCCl)c1cn2c3c1CCC=C3CNCC2. The van der Waals surface area contributed by atoms with E-state index in [0.29, 0.717) is 12.4 Å². The van der Waals surface area contributed by atoms with Gasteiger partial charge in [0.25, 0.3) is 5.91 Å². The second-order valence-electron chi connectivity index (χ2n) is 4.95. The summed E-state index contributed by atoms with van der Waals surface area (Å²) in [5.41, 5.74) is 4.61. The third-order valence-electron chi connectivity index (χ3n) is 3.74. The summed E-state index contributed by atoms with van der Waals surface area (Å²) in [5, 5.41) is 6.29. The summed E-state index contributed by atoms with van der Waals surface area (Å²) in [5.74, 6) is 0.453. The van der Waals surface area contributed by atoms with Gasteiger partial charge in [-0.2, -0.15) is 0 Å². The van der Waals surface area contributed by atoms with E-state index in [-0.39, 0.29) is 5.91 Å². The summed E-state index contributed by atoms with van der Waals surface area (Å²) >= 11 is 5.63. The van der Waals surface area contributed by atoms with Crippen LogP contribution >= 0.6 is 11.6 Å². The molecule has 102 valence electrons. The van der Waals surface area contributed by atoms with Crippen LogP contribution in [0.15, 0.2) is 12.3 Å². The van der Waals surface area contributed by atoms with Gasteiger partial charge in [-0.05, 0) is 24.0 Å². The van der Waals surface area contributed by atoms with Gasteiger partial charge in [-0.3, -0.25) is 4.79 Å². The molecule has 1 aliphatic heterocycles. The first-order valence-corrected chi connectivity index (χ1v) is 7.31. The molecule has 1 aliphatic carbocycles. The molecule has 0 aromatic carbocycles. The van der Waals surface area contributed by atoms with Crippen molar-refractivity contribution in [1.82, 2.24) is 15.2 Å². The van der Waals surface area contributed by atoms with Crippen LogP contribution in [0.2, 0.25) is 0 Å². The second-order valence-corrected chi connectivity index (χ2v) is 5.33. The lowest BCUT2D eigenvalue weighted by atomic mass is 9.94. The molecule has 0 fully saturated rings. The van der Waals surface area contributed by atoms with Gasteiger partial charge in [0, 0.05) is 43.9 Å². The fraction of sp³-hybridized carbons (Fsp3) is 0.500. The Kier molecular flexibility index (Phi) is 3.62. The van der Waals surface area contributed by atoms with Crippen LogP contribution in [-0.4, -0.2) is 36.0 Å². The van der Waals surface area contributed by atoms with Crippen molar-refractivity contribution >= 4 is 23.1 Å². The van der Waals surface area contributed by atoms with Gasteiger partial charge in [-0.15, -0.1) is 11.6 Å². The average molecular weight is 280 g/mol. The minimum absolute atomic E-state index is 0.00503. The Morgan fingerprint density at radius 3 is 3.26 bits per heavy atom. The summed E-state index contributed by atoms with van der Waals surface area (Å²) in [6, 6.07) is 0. The van der Waals surface area contributed by atoms with Crippen molar-refractivity contribution in [3.8, 4) is 0 Å². The molecule has 0 radical (unpaired) electrons. The van der Waals surface area contributed by atoms with Gasteiger partial charge < -0.3 is 15.2 Å². The number of halogens is 1. The third-order valence-corrected chi connectivity index (χ3v) is 3.93. The van der Waals surface area contributed by atoms with Crippen LogP contribution in [-0.2, 0) is 13.0 Å². The maximum absolute atomic E-state index is 12.2. The van der Waals surface area contributed by atoms with Gasteiger partial charge in [0.2, 0.25) is 0 Å².